The number of halogens is 1. The lowest BCUT2D eigenvalue weighted by Gasteiger charge is -1.98. The highest BCUT2D eigenvalue weighted by molar-refractivity contribution is 9.10. The molecule has 1 saturated carbocycles. The van der Waals surface area contributed by atoms with Gasteiger partial charge in [-0.2, -0.15) is 0 Å². The van der Waals surface area contributed by atoms with Crippen molar-refractivity contribution in [3.63, 3.8) is 0 Å². The Morgan fingerprint density at radius 2 is 2.21 bits per heavy atom. The van der Waals surface area contributed by atoms with E-state index in [2.05, 4.69) is 15.9 Å². The molecule has 2 rings (SSSR count). The van der Waals surface area contributed by atoms with Gasteiger partial charge in [0.25, 0.3) is 0 Å². The molecule has 1 aliphatic carbocycles. The van der Waals surface area contributed by atoms with E-state index in [0.29, 0.717) is 0 Å². The van der Waals surface area contributed by atoms with Crippen LogP contribution in [0.25, 0.3) is 0 Å². The van der Waals surface area contributed by atoms with Gasteiger partial charge in [0.2, 0.25) is 0 Å². The Labute approximate surface area is 91.1 Å². The summed E-state index contributed by atoms with van der Waals surface area (Å²) in [5.41, 5.74) is 1.12. The number of rotatable bonds is 2. The van der Waals surface area contributed by atoms with Crippen molar-refractivity contribution in [3.8, 4) is 0 Å². The van der Waals surface area contributed by atoms with Crippen LogP contribution in [0.4, 0.5) is 0 Å². The van der Waals surface area contributed by atoms with Gasteiger partial charge in [-0.3, -0.25) is 4.79 Å². The molecule has 0 aliphatic heterocycles. The van der Waals surface area contributed by atoms with E-state index in [1.165, 1.54) is 0 Å². The van der Waals surface area contributed by atoms with Gasteiger partial charge in [-0.05, 0) is 23.6 Å². The normalized spacial score (nSPS) is 30.0. The predicted molar refractivity (Wildman–Crippen MR) is 57.2 cm³/mol. The number of carbonyl (C=O) groups is 1. The van der Waals surface area contributed by atoms with Crippen LogP contribution in [0.15, 0.2) is 28.7 Å². The maximum Gasteiger partial charge on any atom is 0.307 e. The number of hydrogen-bond donors (Lipinski definition) is 1. The molecule has 1 aromatic carbocycles. The topological polar surface area (TPSA) is 37.3 Å². The maximum atomic E-state index is 10.8. The summed E-state index contributed by atoms with van der Waals surface area (Å²) in [6.45, 7) is 1.99. The Morgan fingerprint density at radius 3 is 2.71 bits per heavy atom. The molecule has 14 heavy (non-hydrogen) atoms. The highest BCUT2D eigenvalue weighted by atomic mass is 79.9. The molecule has 3 heteroatoms. The maximum absolute atomic E-state index is 10.8. The lowest BCUT2D eigenvalue weighted by atomic mass is 10.1. The summed E-state index contributed by atoms with van der Waals surface area (Å²) < 4.78 is 1.01. The zero-order valence-electron chi connectivity index (χ0n) is 7.77. The summed E-state index contributed by atoms with van der Waals surface area (Å²) in [6, 6.07) is 7.90. The molecule has 1 fully saturated rings. The second-order valence-corrected chi connectivity index (χ2v) is 4.72. The number of carboxylic acids is 1. The first-order valence-corrected chi connectivity index (χ1v) is 5.39. The minimum atomic E-state index is -0.678. The standard InChI is InChI=1S/C11H11BrO2/c1-6-9(10(6)11(13)14)7-3-2-4-8(12)5-7/h2-6,9-10H,1H3,(H,13,14)/t6-,9+,10?/m0/s1. The first-order chi connectivity index (χ1) is 6.61. The molecule has 1 unspecified atom stereocenters. The van der Waals surface area contributed by atoms with Crippen molar-refractivity contribution in [2.45, 2.75) is 12.8 Å². The summed E-state index contributed by atoms with van der Waals surface area (Å²) >= 11 is 3.39. The summed E-state index contributed by atoms with van der Waals surface area (Å²) in [5.74, 6) is -0.404. The predicted octanol–water partition coefficient (Wildman–Crippen LogP) is 2.88. The Hall–Kier alpha value is -0.830. The second kappa shape index (κ2) is 3.39. The van der Waals surface area contributed by atoms with Gasteiger partial charge in [-0.15, -0.1) is 0 Å². The van der Waals surface area contributed by atoms with Gasteiger partial charge in [0.05, 0.1) is 5.92 Å². The Morgan fingerprint density at radius 1 is 1.50 bits per heavy atom. The van der Waals surface area contributed by atoms with Crippen molar-refractivity contribution in [2.75, 3.05) is 0 Å². The van der Waals surface area contributed by atoms with Gasteiger partial charge >= 0.3 is 5.97 Å². The first kappa shape index (κ1) is 9.71. The number of aliphatic carboxylic acids is 1. The largest absolute Gasteiger partial charge is 0.481 e. The second-order valence-electron chi connectivity index (χ2n) is 3.80. The van der Waals surface area contributed by atoms with Crippen LogP contribution in [0.1, 0.15) is 18.4 Å². The number of hydrogen-bond acceptors (Lipinski definition) is 1. The quantitative estimate of drug-likeness (QED) is 0.882. The van der Waals surface area contributed by atoms with E-state index in [0.717, 1.165) is 10.0 Å². The SMILES string of the molecule is C[C@@H]1C(C(=O)O)[C@H]1c1cccc(Br)c1. The van der Waals surface area contributed by atoms with Crippen LogP contribution in [0.5, 0.6) is 0 Å². The fourth-order valence-electron chi connectivity index (χ4n) is 2.07. The highest BCUT2D eigenvalue weighted by Gasteiger charge is 2.52. The fourth-order valence-corrected chi connectivity index (χ4v) is 2.48. The van der Waals surface area contributed by atoms with E-state index in [4.69, 9.17) is 5.11 Å². The van der Waals surface area contributed by atoms with Gasteiger partial charge in [-0.25, -0.2) is 0 Å². The van der Waals surface area contributed by atoms with Crippen LogP contribution in [-0.4, -0.2) is 11.1 Å². The summed E-state index contributed by atoms with van der Waals surface area (Å²) in [7, 11) is 0. The van der Waals surface area contributed by atoms with E-state index in [1.54, 1.807) is 0 Å². The molecule has 0 amide bonds. The van der Waals surface area contributed by atoms with E-state index < -0.39 is 5.97 Å². The Balaban J connectivity index is 2.22. The zero-order chi connectivity index (χ0) is 10.3. The van der Waals surface area contributed by atoms with E-state index in [1.807, 2.05) is 31.2 Å². The van der Waals surface area contributed by atoms with E-state index in [9.17, 15) is 4.79 Å². The van der Waals surface area contributed by atoms with Crippen LogP contribution in [-0.2, 0) is 4.79 Å². The molecule has 3 atom stereocenters. The van der Waals surface area contributed by atoms with Crippen molar-refractivity contribution in [3.05, 3.63) is 34.3 Å². The molecule has 0 heterocycles. The molecule has 1 aromatic rings. The van der Waals surface area contributed by atoms with Crippen molar-refractivity contribution >= 4 is 21.9 Å². The van der Waals surface area contributed by atoms with Crippen LogP contribution < -0.4 is 0 Å². The van der Waals surface area contributed by atoms with Gasteiger partial charge in [0.1, 0.15) is 0 Å². The minimum absolute atomic E-state index is 0.190. The average Bonchev–Trinajstić information content (AvgIpc) is 2.77. The molecule has 0 spiro atoms. The summed E-state index contributed by atoms with van der Waals surface area (Å²) in [5, 5.41) is 8.91. The van der Waals surface area contributed by atoms with Crippen LogP contribution in [0.3, 0.4) is 0 Å². The molecule has 2 nitrogen and oxygen atoms in total. The summed E-state index contributed by atoms with van der Waals surface area (Å²) in [6.07, 6.45) is 0. The zero-order valence-corrected chi connectivity index (χ0v) is 9.36. The first-order valence-electron chi connectivity index (χ1n) is 4.59. The summed E-state index contributed by atoms with van der Waals surface area (Å²) in [4.78, 5) is 10.8. The molecular weight excluding hydrogens is 244 g/mol. The van der Waals surface area contributed by atoms with Crippen molar-refractivity contribution in [1.82, 2.24) is 0 Å². The number of benzene rings is 1. The third-order valence-electron chi connectivity index (χ3n) is 2.90. The molecule has 1 N–H and O–H groups in total. The monoisotopic (exact) mass is 254 g/mol. The van der Waals surface area contributed by atoms with Gasteiger partial charge in [0, 0.05) is 10.4 Å². The lowest BCUT2D eigenvalue weighted by Crippen LogP contribution is -1.99. The molecule has 0 radical (unpaired) electrons. The average molecular weight is 255 g/mol. The van der Waals surface area contributed by atoms with Crippen LogP contribution >= 0.6 is 15.9 Å². The molecule has 1 aliphatic rings. The fraction of sp³-hybridized carbons (Fsp3) is 0.364. The Bertz CT molecular complexity index is 375. The van der Waals surface area contributed by atoms with Crippen molar-refractivity contribution < 1.29 is 9.90 Å². The lowest BCUT2D eigenvalue weighted by molar-refractivity contribution is -0.138. The third kappa shape index (κ3) is 1.57. The molecule has 74 valence electrons. The van der Waals surface area contributed by atoms with Crippen molar-refractivity contribution in [2.24, 2.45) is 11.8 Å². The van der Waals surface area contributed by atoms with Gasteiger partial charge in [0.15, 0.2) is 0 Å². The Kier molecular flexibility index (Phi) is 2.35. The van der Waals surface area contributed by atoms with Gasteiger partial charge < -0.3 is 5.11 Å². The highest BCUT2D eigenvalue weighted by Crippen LogP contribution is 2.53. The van der Waals surface area contributed by atoms with Crippen molar-refractivity contribution in [1.29, 1.82) is 0 Å². The molecule has 0 saturated heterocycles. The van der Waals surface area contributed by atoms with E-state index >= 15 is 0 Å². The van der Waals surface area contributed by atoms with Crippen LogP contribution in [0.2, 0.25) is 0 Å². The number of carboxylic acid groups (broad SMARTS) is 1. The van der Waals surface area contributed by atoms with Crippen LogP contribution in [0, 0.1) is 11.8 Å². The third-order valence-corrected chi connectivity index (χ3v) is 3.39. The molecule has 0 bridgehead atoms. The molecular formula is C11H11BrO2. The minimum Gasteiger partial charge on any atom is -0.481 e. The van der Waals surface area contributed by atoms with E-state index in [-0.39, 0.29) is 17.8 Å². The van der Waals surface area contributed by atoms with Gasteiger partial charge in [-0.1, -0.05) is 35.0 Å². The smallest absolute Gasteiger partial charge is 0.307 e. The molecule has 0 aromatic heterocycles.